The third kappa shape index (κ3) is 4.06. The summed E-state index contributed by atoms with van der Waals surface area (Å²) in [7, 11) is 2.08. The molecule has 3 aromatic rings. The van der Waals surface area contributed by atoms with Crippen LogP contribution < -0.4 is 0 Å². The minimum absolute atomic E-state index is 0.657. The monoisotopic (exact) mass is 352 g/mol. The van der Waals surface area contributed by atoms with Gasteiger partial charge in [-0.05, 0) is 57.2 Å². The number of aromatic nitrogens is 3. The zero-order valence-electron chi connectivity index (χ0n) is 15.2. The highest BCUT2D eigenvalue weighted by Crippen LogP contribution is 2.16. The Hall–Kier alpha value is -2.24. The van der Waals surface area contributed by atoms with Crippen LogP contribution in [0.25, 0.3) is 5.69 Å². The first-order valence-corrected chi connectivity index (χ1v) is 8.81. The molecule has 0 saturated carbocycles. The molecule has 2 aromatic carbocycles. The van der Waals surface area contributed by atoms with Gasteiger partial charge in [0, 0.05) is 6.54 Å². The smallest absolute Gasteiger partial charge is 0.203 e. The van der Waals surface area contributed by atoms with Gasteiger partial charge in [0.2, 0.25) is 4.77 Å². The molecule has 0 aliphatic rings. The second-order valence-corrected chi connectivity index (χ2v) is 7.08. The summed E-state index contributed by atoms with van der Waals surface area (Å²) in [5, 5.41) is 4.49. The van der Waals surface area contributed by atoms with Crippen molar-refractivity contribution in [3.63, 3.8) is 0 Å². The molecule has 0 aliphatic carbocycles. The summed E-state index contributed by atoms with van der Waals surface area (Å²) in [6, 6.07) is 15.0. The van der Waals surface area contributed by atoms with Gasteiger partial charge in [0.15, 0.2) is 0 Å². The highest BCUT2D eigenvalue weighted by Gasteiger charge is 2.09. The molecular weight excluding hydrogens is 328 g/mol. The molecule has 3 rings (SSSR count). The number of hydrogen-bond acceptors (Lipinski definition) is 3. The molecule has 0 spiro atoms. The number of rotatable bonds is 5. The van der Waals surface area contributed by atoms with E-state index < -0.39 is 0 Å². The Bertz CT molecular complexity index is 922. The van der Waals surface area contributed by atoms with Crippen molar-refractivity contribution < 1.29 is 0 Å². The van der Waals surface area contributed by atoms with E-state index in [1.54, 1.807) is 6.33 Å². The van der Waals surface area contributed by atoms with E-state index in [1.165, 1.54) is 22.3 Å². The van der Waals surface area contributed by atoms with Crippen LogP contribution in [-0.2, 0) is 13.2 Å². The fraction of sp³-hybridized carbons (Fsp3) is 0.300. The lowest BCUT2D eigenvalue weighted by atomic mass is 10.1. The zero-order chi connectivity index (χ0) is 18.0. The van der Waals surface area contributed by atoms with Crippen LogP contribution in [0.3, 0.4) is 0 Å². The normalized spacial score (nSPS) is 11.2. The molecule has 0 atom stereocenters. The molecule has 4 nitrogen and oxygen atoms in total. The number of nitrogens with zero attached hydrogens (tertiary/aromatic N) is 4. The Balaban J connectivity index is 1.77. The summed E-state index contributed by atoms with van der Waals surface area (Å²) >= 11 is 5.64. The van der Waals surface area contributed by atoms with Crippen molar-refractivity contribution in [3.8, 4) is 5.69 Å². The summed E-state index contributed by atoms with van der Waals surface area (Å²) in [5.74, 6) is 0. The molecule has 0 N–H and O–H groups in total. The van der Waals surface area contributed by atoms with Crippen molar-refractivity contribution in [2.24, 2.45) is 0 Å². The van der Waals surface area contributed by atoms with E-state index in [2.05, 4.69) is 80.3 Å². The van der Waals surface area contributed by atoms with Crippen LogP contribution in [0.2, 0.25) is 0 Å². The van der Waals surface area contributed by atoms with Gasteiger partial charge in [0.05, 0.1) is 12.4 Å². The van der Waals surface area contributed by atoms with E-state index in [1.807, 2.05) is 9.25 Å². The average Bonchev–Trinajstić information content (AvgIpc) is 2.91. The predicted octanol–water partition coefficient (Wildman–Crippen LogP) is 4.42. The first kappa shape index (κ1) is 17.6. The fourth-order valence-electron chi connectivity index (χ4n) is 2.96. The van der Waals surface area contributed by atoms with Gasteiger partial charge in [-0.3, -0.25) is 9.47 Å². The van der Waals surface area contributed by atoms with Gasteiger partial charge in [-0.2, -0.15) is 5.10 Å². The van der Waals surface area contributed by atoms with Crippen LogP contribution in [-0.4, -0.2) is 26.3 Å². The summed E-state index contributed by atoms with van der Waals surface area (Å²) in [6.07, 6.45) is 1.81. The van der Waals surface area contributed by atoms with Crippen molar-refractivity contribution in [1.29, 1.82) is 0 Å². The highest BCUT2D eigenvalue weighted by molar-refractivity contribution is 7.71. The lowest BCUT2D eigenvalue weighted by Crippen LogP contribution is -2.22. The van der Waals surface area contributed by atoms with Crippen molar-refractivity contribution in [2.75, 3.05) is 7.05 Å². The molecular formula is C20H24N4S. The van der Waals surface area contributed by atoms with Gasteiger partial charge in [-0.15, -0.1) is 0 Å². The summed E-state index contributed by atoms with van der Waals surface area (Å²) in [4.78, 5) is 2.21. The van der Waals surface area contributed by atoms with Crippen LogP contribution in [0.1, 0.15) is 22.3 Å². The Labute approximate surface area is 154 Å². The lowest BCUT2D eigenvalue weighted by Gasteiger charge is -2.16. The minimum atomic E-state index is 0.657. The van der Waals surface area contributed by atoms with Crippen molar-refractivity contribution in [3.05, 3.63) is 75.8 Å². The molecule has 25 heavy (non-hydrogen) atoms. The van der Waals surface area contributed by atoms with Crippen LogP contribution in [0.4, 0.5) is 0 Å². The molecule has 0 unspecified atom stereocenters. The maximum absolute atomic E-state index is 5.64. The molecule has 0 aliphatic heterocycles. The maximum Gasteiger partial charge on any atom is 0.203 e. The van der Waals surface area contributed by atoms with E-state index in [0.717, 1.165) is 12.2 Å². The van der Waals surface area contributed by atoms with Crippen molar-refractivity contribution >= 4 is 12.2 Å². The highest BCUT2D eigenvalue weighted by atomic mass is 32.1. The van der Waals surface area contributed by atoms with Crippen molar-refractivity contribution in [2.45, 2.75) is 34.0 Å². The molecule has 5 heteroatoms. The Morgan fingerprint density at radius 1 is 1.00 bits per heavy atom. The second kappa shape index (κ2) is 7.33. The van der Waals surface area contributed by atoms with Crippen LogP contribution in [0.15, 0.2) is 48.8 Å². The van der Waals surface area contributed by atoms with Gasteiger partial charge in [0.1, 0.15) is 6.33 Å². The zero-order valence-corrected chi connectivity index (χ0v) is 16.0. The average molecular weight is 353 g/mol. The van der Waals surface area contributed by atoms with Crippen LogP contribution in [0, 0.1) is 25.5 Å². The van der Waals surface area contributed by atoms with E-state index in [4.69, 9.17) is 12.2 Å². The molecule has 130 valence electrons. The summed E-state index contributed by atoms with van der Waals surface area (Å²) in [5.41, 5.74) is 6.10. The van der Waals surface area contributed by atoms with E-state index in [-0.39, 0.29) is 0 Å². The topological polar surface area (TPSA) is 26.0 Å². The minimum Gasteiger partial charge on any atom is -0.283 e. The third-order valence-corrected chi connectivity index (χ3v) is 4.70. The van der Waals surface area contributed by atoms with Gasteiger partial charge in [-0.1, -0.05) is 47.5 Å². The van der Waals surface area contributed by atoms with E-state index >= 15 is 0 Å². The Morgan fingerprint density at radius 3 is 2.36 bits per heavy atom. The first-order valence-electron chi connectivity index (χ1n) is 8.40. The molecule has 1 aromatic heterocycles. The third-order valence-electron chi connectivity index (χ3n) is 4.29. The first-order chi connectivity index (χ1) is 11.9. The lowest BCUT2D eigenvalue weighted by molar-refractivity contribution is 0.244. The second-order valence-electron chi connectivity index (χ2n) is 6.71. The van der Waals surface area contributed by atoms with Gasteiger partial charge in [0.25, 0.3) is 0 Å². The molecule has 0 fully saturated rings. The predicted molar refractivity (Wildman–Crippen MR) is 105 cm³/mol. The Kier molecular flexibility index (Phi) is 5.16. The van der Waals surface area contributed by atoms with Gasteiger partial charge >= 0.3 is 0 Å². The summed E-state index contributed by atoms with van der Waals surface area (Å²) in [6.45, 7) is 7.82. The molecule has 1 heterocycles. The molecule has 0 amide bonds. The van der Waals surface area contributed by atoms with E-state index in [0.29, 0.717) is 11.4 Å². The fourth-order valence-corrected chi connectivity index (χ4v) is 3.21. The van der Waals surface area contributed by atoms with E-state index in [9.17, 15) is 0 Å². The molecule has 0 saturated heterocycles. The Morgan fingerprint density at radius 2 is 1.68 bits per heavy atom. The quantitative estimate of drug-likeness (QED) is 0.636. The largest absolute Gasteiger partial charge is 0.283 e. The number of benzene rings is 2. The van der Waals surface area contributed by atoms with Gasteiger partial charge < -0.3 is 0 Å². The number of hydrogen-bond donors (Lipinski definition) is 0. The summed E-state index contributed by atoms with van der Waals surface area (Å²) < 4.78 is 4.55. The number of aryl methyl sites for hydroxylation is 3. The standard InChI is InChI=1S/C20H24N4S/c1-15-5-8-18(9-6-15)12-22(4)14-24-20(25)23(13-21-24)19-10-7-16(2)11-17(19)3/h5-11,13H,12,14H2,1-4H3. The molecule has 0 radical (unpaired) electrons. The molecule has 0 bridgehead atoms. The SMILES string of the molecule is Cc1ccc(CN(C)Cn2ncn(-c3ccc(C)cc3C)c2=S)cc1. The maximum atomic E-state index is 5.64. The van der Waals surface area contributed by atoms with Crippen LogP contribution >= 0.6 is 12.2 Å². The van der Waals surface area contributed by atoms with Crippen LogP contribution in [0.5, 0.6) is 0 Å². The van der Waals surface area contributed by atoms with Gasteiger partial charge in [-0.25, -0.2) is 4.68 Å². The van der Waals surface area contributed by atoms with Crippen molar-refractivity contribution in [1.82, 2.24) is 19.2 Å².